The van der Waals surface area contributed by atoms with Gasteiger partial charge in [-0.05, 0) is 60.8 Å². The molecule has 2 N–H and O–H groups in total. The maximum atomic E-state index is 16.9. The number of aromatic hydroxyl groups is 1. The van der Waals surface area contributed by atoms with Crippen molar-refractivity contribution in [3.63, 3.8) is 0 Å². The first-order valence-corrected chi connectivity index (χ1v) is 16.0. The lowest BCUT2D eigenvalue weighted by atomic mass is 9.85. The molecule has 2 aromatic heterocycles. The Labute approximate surface area is 266 Å². The Kier molecular flexibility index (Phi) is 7.10. The Bertz CT molecular complexity index is 1830. The molecule has 1 saturated carbocycles. The van der Waals surface area contributed by atoms with Crippen LogP contribution in [-0.4, -0.2) is 83.5 Å². The Hall–Kier alpha value is -4.27. The van der Waals surface area contributed by atoms with Crippen LogP contribution in [0, 0.1) is 30.0 Å². The van der Waals surface area contributed by atoms with E-state index in [1.807, 2.05) is 0 Å². The van der Waals surface area contributed by atoms with E-state index >= 15 is 4.39 Å². The fraction of sp³-hybridized carbons (Fsp3) is 0.457. The molecule has 2 bridgehead atoms. The van der Waals surface area contributed by atoms with E-state index in [1.54, 1.807) is 0 Å². The van der Waals surface area contributed by atoms with Crippen molar-refractivity contribution < 1.29 is 23.4 Å². The third-order valence-corrected chi connectivity index (χ3v) is 10.1. The van der Waals surface area contributed by atoms with E-state index in [2.05, 4.69) is 37.6 Å². The predicted molar refractivity (Wildman–Crippen MR) is 171 cm³/mol. The average molecular weight is 627 g/mol. The molecule has 46 heavy (non-hydrogen) atoms. The summed E-state index contributed by atoms with van der Waals surface area (Å²) in [6.45, 7) is 8.67. The summed E-state index contributed by atoms with van der Waals surface area (Å²) >= 11 is 0. The van der Waals surface area contributed by atoms with Gasteiger partial charge >= 0.3 is 6.01 Å². The first-order valence-electron chi connectivity index (χ1n) is 16.0. The molecule has 3 aliphatic heterocycles. The molecule has 238 valence electrons. The summed E-state index contributed by atoms with van der Waals surface area (Å²) in [6.07, 6.45) is 9.56. The molecular formula is C35H36F2N6O3. The number of piperazine rings is 1. The van der Waals surface area contributed by atoms with E-state index in [-0.39, 0.29) is 65.1 Å². The molecule has 3 saturated heterocycles. The first kappa shape index (κ1) is 29.2. The summed E-state index contributed by atoms with van der Waals surface area (Å²) in [4.78, 5) is 18.5. The van der Waals surface area contributed by atoms with Crippen LogP contribution >= 0.6 is 0 Å². The van der Waals surface area contributed by atoms with Gasteiger partial charge in [0.15, 0.2) is 5.82 Å². The fourth-order valence-electron chi connectivity index (χ4n) is 7.87. The van der Waals surface area contributed by atoms with Crippen LogP contribution in [0.2, 0.25) is 0 Å². The number of pyridine rings is 1. The number of anilines is 1. The molecule has 11 heteroatoms. The number of benzene rings is 1. The second-order valence-electron chi connectivity index (χ2n) is 13.3. The highest BCUT2D eigenvalue weighted by molar-refractivity contribution is 5.99. The number of aryl methyl sites for hydroxylation is 1. The normalized spacial score (nSPS) is 25.0. The summed E-state index contributed by atoms with van der Waals surface area (Å²) in [5, 5.41) is 14.6. The van der Waals surface area contributed by atoms with Crippen molar-refractivity contribution >= 4 is 22.3 Å². The molecule has 9 nitrogen and oxygen atoms in total. The van der Waals surface area contributed by atoms with E-state index in [1.165, 1.54) is 25.7 Å². The number of nitrogens with zero attached hydrogens (tertiary/aromatic N) is 5. The van der Waals surface area contributed by atoms with E-state index in [0.717, 1.165) is 49.9 Å². The van der Waals surface area contributed by atoms with Crippen molar-refractivity contribution in [2.45, 2.75) is 44.2 Å². The molecule has 0 radical (unpaired) electrons. The van der Waals surface area contributed by atoms with Crippen LogP contribution in [0.15, 0.2) is 30.1 Å². The molecule has 4 atom stereocenters. The van der Waals surface area contributed by atoms with Gasteiger partial charge in [0.1, 0.15) is 40.6 Å². The van der Waals surface area contributed by atoms with Gasteiger partial charge in [0.2, 0.25) is 5.88 Å². The number of phenols is 1. The highest BCUT2D eigenvalue weighted by atomic mass is 19.1. The Balaban J connectivity index is 1.24. The Morgan fingerprint density at radius 2 is 1.87 bits per heavy atom. The lowest BCUT2D eigenvalue weighted by Gasteiger charge is -2.34. The number of phenolic OH excluding ortho intramolecular Hbond substituents is 1. The monoisotopic (exact) mass is 626 g/mol. The number of likely N-dealkylation sites (tertiary alicyclic amines) is 1. The van der Waals surface area contributed by atoms with Crippen LogP contribution in [0.25, 0.3) is 27.7 Å². The van der Waals surface area contributed by atoms with Crippen molar-refractivity contribution in [3.8, 4) is 41.2 Å². The summed E-state index contributed by atoms with van der Waals surface area (Å²) < 4.78 is 43.8. The zero-order chi connectivity index (χ0) is 31.7. The van der Waals surface area contributed by atoms with Crippen LogP contribution in [0.1, 0.15) is 36.8 Å². The molecule has 5 aliphatic rings. The number of hydrogen-bond acceptors (Lipinski definition) is 9. The number of terminal acetylenes is 1. The molecule has 8 rings (SSSR count). The topological polar surface area (TPSA) is 95.9 Å². The summed E-state index contributed by atoms with van der Waals surface area (Å²) in [5.74, 6) is 3.31. The Morgan fingerprint density at radius 3 is 2.59 bits per heavy atom. The molecule has 0 spiro atoms. The zero-order valence-corrected chi connectivity index (χ0v) is 25.8. The largest absolute Gasteiger partial charge is 0.508 e. The lowest BCUT2D eigenvalue weighted by molar-refractivity contribution is 0.285. The van der Waals surface area contributed by atoms with Crippen LogP contribution < -0.4 is 19.7 Å². The molecule has 2 aliphatic carbocycles. The number of rotatable bonds is 8. The average Bonchev–Trinajstić information content (AvgIpc) is 3.51. The van der Waals surface area contributed by atoms with Gasteiger partial charge in [-0.25, -0.2) is 13.8 Å². The van der Waals surface area contributed by atoms with Gasteiger partial charge in [-0.2, -0.15) is 9.97 Å². The van der Waals surface area contributed by atoms with Gasteiger partial charge in [0, 0.05) is 62.4 Å². The van der Waals surface area contributed by atoms with Gasteiger partial charge in [-0.1, -0.05) is 12.5 Å². The molecule has 1 aromatic carbocycles. The number of allylic oxidation sites excluding steroid dienone is 2. The number of hydrogen-bond donors (Lipinski definition) is 2. The predicted octanol–water partition coefficient (Wildman–Crippen LogP) is 4.63. The van der Waals surface area contributed by atoms with E-state index in [0.29, 0.717) is 41.8 Å². The van der Waals surface area contributed by atoms with Crippen LogP contribution in [0.3, 0.4) is 0 Å². The number of methoxy groups -OCH3 is 1. The smallest absolute Gasteiger partial charge is 0.319 e. The fourth-order valence-corrected chi connectivity index (χ4v) is 7.87. The number of piperidine rings is 1. The van der Waals surface area contributed by atoms with Gasteiger partial charge in [0.25, 0.3) is 0 Å². The maximum Gasteiger partial charge on any atom is 0.319 e. The highest BCUT2D eigenvalue weighted by Crippen LogP contribution is 2.46. The molecule has 4 unspecified atom stereocenters. The van der Waals surface area contributed by atoms with Crippen LogP contribution in [-0.2, 0) is 6.42 Å². The number of aromatic nitrogens is 3. The summed E-state index contributed by atoms with van der Waals surface area (Å²) in [7, 11) is 1.45. The second-order valence-corrected chi connectivity index (χ2v) is 13.3. The van der Waals surface area contributed by atoms with Crippen molar-refractivity contribution in [2.24, 2.45) is 11.8 Å². The molecule has 3 aromatic rings. The third kappa shape index (κ3) is 5.04. The van der Waals surface area contributed by atoms with Crippen molar-refractivity contribution in [3.05, 3.63) is 47.1 Å². The molecule has 4 fully saturated rings. The van der Waals surface area contributed by atoms with Gasteiger partial charge in [-0.15, -0.1) is 6.42 Å². The molecular weight excluding hydrogens is 590 g/mol. The number of halogens is 2. The molecule has 5 heterocycles. The zero-order valence-electron chi connectivity index (χ0n) is 25.8. The SMILES string of the molecule is C#CC1=C(F)CCc2cc(O)cc(-c3nc(OC)c4c(N5CC6CCC(C5)N6)nc(OCC(=C)CN5CC6CC6C5)nc4c3F)c21. The van der Waals surface area contributed by atoms with E-state index in [4.69, 9.17) is 20.9 Å². The van der Waals surface area contributed by atoms with Crippen LogP contribution in [0.4, 0.5) is 14.6 Å². The van der Waals surface area contributed by atoms with Crippen LogP contribution in [0.5, 0.6) is 17.6 Å². The lowest BCUT2D eigenvalue weighted by Crippen LogP contribution is -2.51. The summed E-state index contributed by atoms with van der Waals surface area (Å²) in [6, 6.07) is 3.47. The Morgan fingerprint density at radius 1 is 1.11 bits per heavy atom. The minimum atomic E-state index is -0.771. The third-order valence-electron chi connectivity index (χ3n) is 10.1. The van der Waals surface area contributed by atoms with E-state index < -0.39 is 11.6 Å². The maximum absolute atomic E-state index is 16.9. The van der Waals surface area contributed by atoms with Gasteiger partial charge in [-0.3, -0.25) is 4.90 Å². The standard InChI is InChI=1S/C35H36F2N6O3/c1-4-25-27(36)8-5-19-10-24(44)11-26(28(19)25)31-30(37)32-29(34(39-31)45-3)33(43-15-22-6-7-23(16-43)38-22)41-35(40-32)46-17-18(2)12-42-13-20-9-21(20)14-42/h1,10-11,20-23,38,44H,2,5-9,12-17H2,3H3. The van der Waals surface area contributed by atoms with Crippen molar-refractivity contribution in [1.29, 1.82) is 0 Å². The number of fused-ring (bicyclic) bond motifs is 5. The molecule has 0 amide bonds. The number of ether oxygens (including phenoxy) is 2. The van der Waals surface area contributed by atoms with Gasteiger partial charge in [0.05, 0.1) is 12.7 Å². The second kappa shape index (κ2) is 11.2. The quantitative estimate of drug-likeness (QED) is 0.274. The minimum absolute atomic E-state index is 0.0186. The van der Waals surface area contributed by atoms with E-state index in [9.17, 15) is 9.50 Å². The minimum Gasteiger partial charge on any atom is -0.508 e. The summed E-state index contributed by atoms with van der Waals surface area (Å²) in [5.41, 5.74) is 1.82. The van der Waals surface area contributed by atoms with Gasteiger partial charge < -0.3 is 24.8 Å². The van der Waals surface area contributed by atoms with Crippen molar-refractivity contribution in [2.75, 3.05) is 51.3 Å². The van der Waals surface area contributed by atoms with Crippen molar-refractivity contribution in [1.82, 2.24) is 25.2 Å². The first-order chi connectivity index (χ1) is 22.3. The number of nitrogens with one attached hydrogen (secondary N) is 1. The highest BCUT2D eigenvalue weighted by Gasteiger charge is 2.44.